The molecule has 0 saturated heterocycles. The van der Waals surface area contributed by atoms with Crippen molar-refractivity contribution in [2.24, 2.45) is 5.92 Å². The molecule has 0 amide bonds. The van der Waals surface area contributed by atoms with E-state index >= 15 is 0 Å². The molecule has 4 heteroatoms. The summed E-state index contributed by atoms with van der Waals surface area (Å²) in [6.45, 7) is 3.93. The summed E-state index contributed by atoms with van der Waals surface area (Å²) in [5.41, 5.74) is 3.59. The van der Waals surface area contributed by atoms with Crippen LogP contribution in [0.3, 0.4) is 0 Å². The van der Waals surface area contributed by atoms with E-state index in [-0.39, 0.29) is 24.1 Å². The number of halogens is 1. The van der Waals surface area contributed by atoms with Gasteiger partial charge in [0.25, 0.3) is 0 Å². The van der Waals surface area contributed by atoms with Crippen LogP contribution in [0.25, 0.3) is 5.57 Å². The highest BCUT2D eigenvalue weighted by atomic mass is 19.1. The van der Waals surface area contributed by atoms with E-state index in [1.807, 2.05) is 31.2 Å². The minimum absolute atomic E-state index is 0.234. The normalized spacial score (nSPS) is 19.8. The Labute approximate surface area is 152 Å². The molecular formula is C22H21FO3. The number of carbonyl (C=O) groups is 2. The van der Waals surface area contributed by atoms with Crippen LogP contribution in [0.1, 0.15) is 36.0 Å². The number of carbonyl (C=O) groups excluding carboxylic acids is 2. The first-order chi connectivity index (χ1) is 12.5. The Morgan fingerprint density at radius 2 is 1.85 bits per heavy atom. The zero-order valence-electron chi connectivity index (χ0n) is 14.9. The van der Waals surface area contributed by atoms with E-state index in [4.69, 9.17) is 4.74 Å². The first-order valence-electron chi connectivity index (χ1n) is 8.73. The van der Waals surface area contributed by atoms with Gasteiger partial charge in [0.2, 0.25) is 0 Å². The Bertz CT molecular complexity index is 852. The summed E-state index contributed by atoms with van der Waals surface area (Å²) in [6.07, 6.45) is 2.02. The smallest absolute Gasteiger partial charge is 0.317 e. The molecule has 26 heavy (non-hydrogen) atoms. The lowest BCUT2D eigenvalue weighted by Crippen LogP contribution is -2.34. The first-order valence-corrected chi connectivity index (χ1v) is 8.73. The van der Waals surface area contributed by atoms with Crippen molar-refractivity contribution >= 4 is 17.3 Å². The molecule has 2 aromatic carbocycles. The van der Waals surface area contributed by atoms with E-state index in [1.165, 1.54) is 18.2 Å². The van der Waals surface area contributed by atoms with E-state index < -0.39 is 11.9 Å². The summed E-state index contributed by atoms with van der Waals surface area (Å²) in [6, 6.07) is 13.8. The highest BCUT2D eigenvalue weighted by Crippen LogP contribution is 2.41. The molecular weight excluding hydrogens is 331 g/mol. The van der Waals surface area contributed by atoms with Crippen LogP contribution in [0, 0.1) is 18.7 Å². The predicted molar refractivity (Wildman–Crippen MR) is 98.0 cm³/mol. The zero-order chi connectivity index (χ0) is 18.7. The second kappa shape index (κ2) is 7.65. The minimum atomic E-state index is -0.847. The Morgan fingerprint density at radius 1 is 1.15 bits per heavy atom. The molecule has 2 aromatic rings. The Hall–Kier alpha value is -2.75. The van der Waals surface area contributed by atoms with Crippen molar-refractivity contribution < 1.29 is 18.7 Å². The molecule has 2 atom stereocenters. The molecule has 134 valence electrons. The highest BCUT2D eigenvalue weighted by molar-refractivity contribution is 6.10. The summed E-state index contributed by atoms with van der Waals surface area (Å²) in [5.74, 6) is -2.22. The number of ketones is 1. The van der Waals surface area contributed by atoms with Crippen LogP contribution in [-0.2, 0) is 14.3 Å². The SMILES string of the molecule is CCOC(=O)[C@@H]1C(=O)C=C(c2ccc(F)cc2)C[C@@H]1c1ccccc1C. The van der Waals surface area contributed by atoms with E-state index in [0.717, 1.165) is 22.3 Å². The molecule has 0 radical (unpaired) electrons. The fourth-order valence-corrected chi connectivity index (χ4v) is 3.54. The molecule has 0 aromatic heterocycles. The average molecular weight is 352 g/mol. The summed E-state index contributed by atoms with van der Waals surface area (Å²) in [5, 5.41) is 0. The van der Waals surface area contributed by atoms with Gasteiger partial charge < -0.3 is 4.74 Å². The first kappa shape index (κ1) is 18.1. The number of aryl methyl sites for hydroxylation is 1. The van der Waals surface area contributed by atoms with Crippen LogP contribution < -0.4 is 0 Å². The number of ether oxygens (including phenoxy) is 1. The lowest BCUT2D eigenvalue weighted by Gasteiger charge is -2.30. The van der Waals surface area contributed by atoms with Crippen molar-refractivity contribution in [3.8, 4) is 0 Å². The standard InChI is InChI=1S/C22H21FO3/c1-3-26-22(25)21-19(18-7-5-4-6-14(18)2)12-16(13-20(21)24)15-8-10-17(23)11-9-15/h4-11,13,19,21H,3,12H2,1-2H3/t19-,21+/m1/s1. The van der Waals surface area contributed by atoms with E-state index in [1.54, 1.807) is 19.1 Å². The number of hydrogen-bond donors (Lipinski definition) is 0. The van der Waals surface area contributed by atoms with Gasteiger partial charge >= 0.3 is 5.97 Å². The highest BCUT2D eigenvalue weighted by Gasteiger charge is 2.40. The molecule has 0 heterocycles. The molecule has 0 aliphatic heterocycles. The lowest BCUT2D eigenvalue weighted by molar-refractivity contribution is -0.151. The second-order valence-corrected chi connectivity index (χ2v) is 6.48. The number of esters is 1. The number of benzene rings is 2. The summed E-state index contributed by atoms with van der Waals surface area (Å²) >= 11 is 0. The van der Waals surface area contributed by atoms with Crippen LogP contribution in [0.4, 0.5) is 4.39 Å². The fourth-order valence-electron chi connectivity index (χ4n) is 3.54. The third kappa shape index (κ3) is 3.59. The predicted octanol–water partition coefficient (Wildman–Crippen LogP) is 4.45. The van der Waals surface area contributed by atoms with Crippen LogP contribution in [-0.4, -0.2) is 18.4 Å². The van der Waals surface area contributed by atoms with Crippen molar-refractivity contribution in [3.63, 3.8) is 0 Å². The third-order valence-corrected chi connectivity index (χ3v) is 4.81. The van der Waals surface area contributed by atoms with E-state index in [9.17, 15) is 14.0 Å². The van der Waals surface area contributed by atoms with E-state index in [0.29, 0.717) is 6.42 Å². The van der Waals surface area contributed by atoms with Gasteiger partial charge in [0.15, 0.2) is 5.78 Å². The van der Waals surface area contributed by atoms with Gasteiger partial charge in [-0.3, -0.25) is 9.59 Å². The Morgan fingerprint density at radius 3 is 2.50 bits per heavy atom. The van der Waals surface area contributed by atoms with Gasteiger partial charge in [-0.1, -0.05) is 36.4 Å². The van der Waals surface area contributed by atoms with Crippen LogP contribution >= 0.6 is 0 Å². The van der Waals surface area contributed by atoms with Gasteiger partial charge in [-0.05, 0) is 60.7 Å². The molecule has 0 saturated carbocycles. The van der Waals surface area contributed by atoms with Gasteiger partial charge in [-0.2, -0.15) is 0 Å². The molecule has 0 spiro atoms. The van der Waals surface area contributed by atoms with Crippen molar-refractivity contribution in [1.29, 1.82) is 0 Å². The molecule has 3 rings (SSSR count). The number of rotatable bonds is 4. The lowest BCUT2D eigenvalue weighted by atomic mass is 9.72. The third-order valence-electron chi connectivity index (χ3n) is 4.81. The van der Waals surface area contributed by atoms with Gasteiger partial charge in [-0.25, -0.2) is 4.39 Å². The van der Waals surface area contributed by atoms with Crippen LogP contribution in [0.2, 0.25) is 0 Å². The molecule has 0 unspecified atom stereocenters. The van der Waals surface area contributed by atoms with Gasteiger partial charge in [0.1, 0.15) is 11.7 Å². The quantitative estimate of drug-likeness (QED) is 0.603. The molecule has 3 nitrogen and oxygen atoms in total. The van der Waals surface area contributed by atoms with Gasteiger partial charge in [0, 0.05) is 5.92 Å². The topological polar surface area (TPSA) is 43.4 Å². The number of allylic oxidation sites excluding steroid dienone is 2. The van der Waals surface area contributed by atoms with Crippen molar-refractivity contribution in [3.05, 3.63) is 77.1 Å². The minimum Gasteiger partial charge on any atom is -0.465 e. The molecule has 1 aliphatic rings. The average Bonchev–Trinajstić information content (AvgIpc) is 2.62. The molecule has 1 aliphatic carbocycles. The van der Waals surface area contributed by atoms with Crippen LogP contribution in [0.5, 0.6) is 0 Å². The summed E-state index contributed by atoms with van der Waals surface area (Å²) < 4.78 is 18.4. The van der Waals surface area contributed by atoms with Gasteiger partial charge in [0.05, 0.1) is 6.61 Å². The molecule has 0 fully saturated rings. The largest absolute Gasteiger partial charge is 0.465 e. The summed E-state index contributed by atoms with van der Waals surface area (Å²) in [7, 11) is 0. The molecule has 0 N–H and O–H groups in total. The maximum absolute atomic E-state index is 13.2. The molecule has 0 bridgehead atoms. The Kier molecular flexibility index (Phi) is 5.31. The van der Waals surface area contributed by atoms with Crippen LogP contribution in [0.15, 0.2) is 54.6 Å². The maximum Gasteiger partial charge on any atom is 0.317 e. The zero-order valence-corrected chi connectivity index (χ0v) is 14.9. The summed E-state index contributed by atoms with van der Waals surface area (Å²) in [4.78, 5) is 25.3. The van der Waals surface area contributed by atoms with Gasteiger partial charge in [-0.15, -0.1) is 0 Å². The van der Waals surface area contributed by atoms with E-state index in [2.05, 4.69) is 0 Å². The fraction of sp³-hybridized carbons (Fsp3) is 0.273. The van der Waals surface area contributed by atoms with Crippen molar-refractivity contribution in [2.45, 2.75) is 26.2 Å². The monoisotopic (exact) mass is 352 g/mol. The number of hydrogen-bond acceptors (Lipinski definition) is 3. The maximum atomic E-state index is 13.2. The van der Waals surface area contributed by atoms with Crippen molar-refractivity contribution in [2.75, 3.05) is 6.61 Å². The Balaban J connectivity index is 2.04. The van der Waals surface area contributed by atoms with Crippen molar-refractivity contribution in [1.82, 2.24) is 0 Å². The second-order valence-electron chi connectivity index (χ2n) is 6.48.